The van der Waals surface area contributed by atoms with Crippen LogP contribution in [0, 0.1) is 12.8 Å². The highest BCUT2D eigenvalue weighted by molar-refractivity contribution is 6.18. The fourth-order valence-electron chi connectivity index (χ4n) is 2.61. The van der Waals surface area contributed by atoms with Crippen molar-refractivity contribution in [3.63, 3.8) is 0 Å². The fraction of sp³-hybridized carbons (Fsp3) is 0.714. The van der Waals surface area contributed by atoms with Crippen LogP contribution in [-0.4, -0.2) is 28.5 Å². The van der Waals surface area contributed by atoms with Gasteiger partial charge in [-0.1, -0.05) is 12.8 Å². The number of rotatable bonds is 5. The Kier molecular flexibility index (Phi) is 5.25. The van der Waals surface area contributed by atoms with Crippen LogP contribution in [0.2, 0.25) is 0 Å². The fourth-order valence-corrected chi connectivity index (χ4v) is 2.98. The summed E-state index contributed by atoms with van der Waals surface area (Å²) in [6, 6.07) is 2.28. The second kappa shape index (κ2) is 6.94. The van der Waals surface area contributed by atoms with Gasteiger partial charge in [0.05, 0.1) is 6.61 Å². The molecule has 0 spiro atoms. The Morgan fingerprint density at radius 2 is 2.16 bits per heavy atom. The zero-order valence-electron chi connectivity index (χ0n) is 11.7. The van der Waals surface area contributed by atoms with E-state index in [0.717, 1.165) is 18.1 Å². The van der Waals surface area contributed by atoms with Crippen LogP contribution in [0.3, 0.4) is 0 Å². The lowest BCUT2D eigenvalue weighted by atomic mass is 9.86. The number of alkyl halides is 1. The molecule has 1 heterocycles. The molecule has 0 bridgehead atoms. The first kappa shape index (κ1) is 14.4. The molecule has 1 aromatic rings. The summed E-state index contributed by atoms with van der Waals surface area (Å²) < 4.78 is 5.45. The molecule has 1 saturated carbocycles. The summed E-state index contributed by atoms with van der Waals surface area (Å²) in [6.45, 7) is 4.45. The van der Waals surface area contributed by atoms with Crippen molar-refractivity contribution >= 4 is 17.4 Å². The SMILES string of the molecule is CCOc1cc(NC2CCCCC2CCl)nc(C)n1. The summed E-state index contributed by atoms with van der Waals surface area (Å²) in [4.78, 5) is 8.69. The summed E-state index contributed by atoms with van der Waals surface area (Å²) >= 11 is 6.06. The quantitative estimate of drug-likeness (QED) is 0.842. The Morgan fingerprint density at radius 1 is 1.37 bits per heavy atom. The number of anilines is 1. The molecular formula is C14H22ClN3O. The number of aryl methyl sites for hydroxylation is 1. The van der Waals surface area contributed by atoms with Crippen LogP contribution in [0.4, 0.5) is 5.82 Å². The van der Waals surface area contributed by atoms with E-state index in [0.29, 0.717) is 30.3 Å². The number of hydrogen-bond acceptors (Lipinski definition) is 4. The molecule has 0 radical (unpaired) electrons. The highest BCUT2D eigenvalue weighted by Gasteiger charge is 2.24. The van der Waals surface area contributed by atoms with E-state index >= 15 is 0 Å². The third kappa shape index (κ3) is 3.96. The molecule has 0 aromatic carbocycles. The first-order valence-electron chi connectivity index (χ1n) is 7.04. The Bertz CT molecular complexity index is 414. The van der Waals surface area contributed by atoms with Crippen LogP contribution >= 0.6 is 11.6 Å². The smallest absolute Gasteiger partial charge is 0.218 e. The molecule has 1 fully saturated rings. The van der Waals surface area contributed by atoms with Crippen LogP contribution in [-0.2, 0) is 0 Å². The maximum absolute atomic E-state index is 6.06. The number of hydrogen-bond donors (Lipinski definition) is 1. The molecule has 19 heavy (non-hydrogen) atoms. The van der Waals surface area contributed by atoms with Crippen LogP contribution < -0.4 is 10.1 Å². The van der Waals surface area contributed by atoms with Gasteiger partial charge in [-0.3, -0.25) is 0 Å². The van der Waals surface area contributed by atoms with E-state index in [4.69, 9.17) is 16.3 Å². The second-order valence-electron chi connectivity index (χ2n) is 5.02. The van der Waals surface area contributed by atoms with Crippen LogP contribution in [0.5, 0.6) is 5.88 Å². The number of aromatic nitrogens is 2. The van der Waals surface area contributed by atoms with E-state index in [9.17, 15) is 0 Å². The Hall–Kier alpha value is -1.03. The van der Waals surface area contributed by atoms with Gasteiger partial charge in [0.15, 0.2) is 0 Å². The third-order valence-corrected chi connectivity index (χ3v) is 3.94. The zero-order chi connectivity index (χ0) is 13.7. The zero-order valence-corrected chi connectivity index (χ0v) is 12.4. The molecule has 5 heteroatoms. The summed E-state index contributed by atoms with van der Waals surface area (Å²) in [6.07, 6.45) is 4.89. The Labute approximate surface area is 119 Å². The highest BCUT2D eigenvalue weighted by Crippen LogP contribution is 2.28. The van der Waals surface area contributed by atoms with E-state index in [1.165, 1.54) is 19.3 Å². The van der Waals surface area contributed by atoms with Gasteiger partial charge in [0.2, 0.25) is 5.88 Å². The van der Waals surface area contributed by atoms with E-state index in [1.807, 2.05) is 19.9 Å². The summed E-state index contributed by atoms with van der Waals surface area (Å²) in [7, 11) is 0. The van der Waals surface area contributed by atoms with Crippen molar-refractivity contribution < 1.29 is 4.74 Å². The van der Waals surface area contributed by atoms with Crippen molar-refractivity contribution in [3.05, 3.63) is 11.9 Å². The van der Waals surface area contributed by atoms with Gasteiger partial charge in [-0.2, -0.15) is 4.98 Å². The number of halogens is 1. The largest absolute Gasteiger partial charge is 0.478 e. The molecule has 2 unspecified atom stereocenters. The summed E-state index contributed by atoms with van der Waals surface area (Å²) in [5.41, 5.74) is 0. The lowest BCUT2D eigenvalue weighted by Gasteiger charge is -2.31. The lowest BCUT2D eigenvalue weighted by Crippen LogP contribution is -2.33. The van der Waals surface area contributed by atoms with Crippen molar-refractivity contribution in [1.82, 2.24) is 9.97 Å². The molecule has 106 valence electrons. The van der Waals surface area contributed by atoms with E-state index < -0.39 is 0 Å². The molecule has 2 rings (SSSR count). The molecular weight excluding hydrogens is 262 g/mol. The van der Waals surface area contributed by atoms with Crippen molar-refractivity contribution in [2.24, 2.45) is 5.92 Å². The van der Waals surface area contributed by atoms with Crippen molar-refractivity contribution in [2.75, 3.05) is 17.8 Å². The predicted octanol–water partition coefficient (Wildman–Crippen LogP) is 3.39. The first-order valence-corrected chi connectivity index (χ1v) is 7.57. The monoisotopic (exact) mass is 283 g/mol. The maximum Gasteiger partial charge on any atom is 0.218 e. The molecule has 0 amide bonds. The molecule has 1 aliphatic rings. The summed E-state index contributed by atoms with van der Waals surface area (Å²) in [5.74, 6) is 3.45. The predicted molar refractivity (Wildman–Crippen MR) is 78.0 cm³/mol. The van der Waals surface area contributed by atoms with Gasteiger partial charge in [-0.05, 0) is 32.6 Å². The number of ether oxygens (including phenoxy) is 1. The van der Waals surface area contributed by atoms with Crippen LogP contribution in [0.15, 0.2) is 6.07 Å². The third-order valence-electron chi connectivity index (χ3n) is 3.55. The van der Waals surface area contributed by atoms with Gasteiger partial charge < -0.3 is 10.1 Å². The molecule has 1 aromatic heterocycles. The topological polar surface area (TPSA) is 47.0 Å². The average molecular weight is 284 g/mol. The first-order chi connectivity index (χ1) is 9.22. The van der Waals surface area contributed by atoms with Crippen LogP contribution in [0.1, 0.15) is 38.4 Å². The molecule has 1 N–H and O–H groups in total. The van der Waals surface area contributed by atoms with Crippen molar-refractivity contribution in [2.45, 2.75) is 45.6 Å². The van der Waals surface area contributed by atoms with Gasteiger partial charge in [0.25, 0.3) is 0 Å². The Morgan fingerprint density at radius 3 is 2.89 bits per heavy atom. The van der Waals surface area contributed by atoms with Crippen LogP contribution in [0.25, 0.3) is 0 Å². The minimum absolute atomic E-state index is 0.412. The van der Waals surface area contributed by atoms with Gasteiger partial charge in [0, 0.05) is 18.0 Å². The van der Waals surface area contributed by atoms with E-state index in [-0.39, 0.29) is 0 Å². The Balaban J connectivity index is 2.08. The lowest BCUT2D eigenvalue weighted by molar-refractivity contribution is 0.325. The van der Waals surface area contributed by atoms with Crippen molar-refractivity contribution in [3.8, 4) is 5.88 Å². The standard InChI is InChI=1S/C14H22ClN3O/c1-3-19-14-8-13(16-10(2)17-14)18-12-7-5-4-6-11(12)9-15/h8,11-12H,3-7,9H2,1-2H3,(H,16,17,18). The molecule has 1 aliphatic carbocycles. The van der Waals surface area contributed by atoms with E-state index in [2.05, 4.69) is 15.3 Å². The number of nitrogens with one attached hydrogen (secondary N) is 1. The summed E-state index contributed by atoms with van der Waals surface area (Å²) in [5, 5.41) is 3.51. The minimum Gasteiger partial charge on any atom is -0.478 e. The second-order valence-corrected chi connectivity index (χ2v) is 5.33. The molecule has 0 aliphatic heterocycles. The normalized spacial score (nSPS) is 23.1. The average Bonchev–Trinajstić information content (AvgIpc) is 2.39. The molecule has 4 nitrogen and oxygen atoms in total. The molecule has 2 atom stereocenters. The van der Waals surface area contributed by atoms with Gasteiger partial charge in [-0.25, -0.2) is 4.98 Å². The highest BCUT2D eigenvalue weighted by atomic mass is 35.5. The molecule has 0 saturated heterocycles. The number of nitrogens with zero attached hydrogens (tertiary/aromatic N) is 2. The minimum atomic E-state index is 0.412. The van der Waals surface area contributed by atoms with Crippen molar-refractivity contribution in [1.29, 1.82) is 0 Å². The van der Waals surface area contributed by atoms with Gasteiger partial charge in [0.1, 0.15) is 11.6 Å². The van der Waals surface area contributed by atoms with E-state index in [1.54, 1.807) is 0 Å². The van der Waals surface area contributed by atoms with Gasteiger partial charge >= 0.3 is 0 Å². The maximum atomic E-state index is 6.06. The van der Waals surface area contributed by atoms with Gasteiger partial charge in [-0.15, -0.1) is 11.6 Å².